The van der Waals surface area contributed by atoms with E-state index in [1.165, 1.54) is 24.1 Å². The lowest BCUT2D eigenvalue weighted by molar-refractivity contribution is 0.213. The lowest BCUT2D eigenvalue weighted by Gasteiger charge is -2.31. The van der Waals surface area contributed by atoms with Gasteiger partial charge in [-0.05, 0) is 56.1 Å². The molecule has 0 spiro atoms. The van der Waals surface area contributed by atoms with E-state index in [2.05, 4.69) is 51.5 Å². The topological polar surface area (TPSA) is 31.9 Å². The number of aromatic nitrogens is 2. The van der Waals surface area contributed by atoms with Gasteiger partial charge in [0, 0.05) is 28.7 Å². The number of benzene rings is 2. The van der Waals surface area contributed by atoms with Gasteiger partial charge in [-0.2, -0.15) is 5.10 Å². The van der Waals surface area contributed by atoms with Gasteiger partial charge in [0.2, 0.25) is 0 Å². The van der Waals surface area contributed by atoms with Crippen LogP contribution in [0.15, 0.2) is 60.7 Å². The van der Waals surface area contributed by atoms with Gasteiger partial charge in [0.05, 0.1) is 5.69 Å². The molecule has 26 heavy (non-hydrogen) atoms. The van der Waals surface area contributed by atoms with Gasteiger partial charge in [0.15, 0.2) is 0 Å². The van der Waals surface area contributed by atoms with E-state index < -0.39 is 0 Å². The number of nitrogens with zero attached hydrogens (tertiary/aromatic N) is 2. The molecule has 1 aliphatic rings. The van der Waals surface area contributed by atoms with Crippen molar-refractivity contribution in [3.8, 4) is 11.3 Å². The molecule has 0 atom stereocenters. The van der Waals surface area contributed by atoms with Gasteiger partial charge in [-0.3, -0.25) is 5.10 Å². The first-order valence-electron chi connectivity index (χ1n) is 9.35. The van der Waals surface area contributed by atoms with E-state index in [9.17, 15) is 0 Å². The average molecular weight is 366 g/mol. The molecule has 2 heterocycles. The highest BCUT2D eigenvalue weighted by molar-refractivity contribution is 6.30. The average Bonchev–Trinajstić information content (AvgIpc) is 3.18. The molecule has 0 radical (unpaired) electrons. The Bertz CT molecular complexity index is 818. The zero-order chi connectivity index (χ0) is 17.8. The number of hydrogen-bond acceptors (Lipinski definition) is 2. The van der Waals surface area contributed by atoms with Crippen LogP contribution in [-0.4, -0.2) is 34.7 Å². The molecular formula is C22H24ClN3. The monoisotopic (exact) mass is 365 g/mol. The number of aromatic amines is 1. The number of H-pyrrole nitrogens is 1. The third-order valence-electron chi connectivity index (χ3n) is 5.32. The predicted molar refractivity (Wildman–Crippen MR) is 108 cm³/mol. The van der Waals surface area contributed by atoms with Gasteiger partial charge < -0.3 is 4.90 Å². The van der Waals surface area contributed by atoms with Gasteiger partial charge in [0.25, 0.3) is 0 Å². The van der Waals surface area contributed by atoms with Crippen molar-refractivity contribution in [3.63, 3.8) is 0 Å². The summed E-state index contributed by atoms with van der Waals surface area (Å²) in [6.45, 7) is 3.47. The molecular weight excluding hydrogens is 342 g/mol. The smallest absolute Gasteiger partial charge is 0.0923 e. The SMILES string of the molecule is Clc1ccc(-c2cc(C3CCN(CCc4ccccc4)CC3)[nH]n2)cc1. The molecule has 1 saturated heterocycles. The number of rotatable bonds is 5. The Morgan fingerprint density at radius 3 is 2.46 bits per heavy atom. The van der Waals surface area contributed by atoms with Gasteiger partial charge in [-0.1, -0.05) is 54.1 Å². The second kappa shape index (κ2) is 8.07. The van der Waals surface area contributed by atoms with Crippen molar-refractivity contribution in [3.05, 3.63) is 76.9 Å². The van der Waals surface area contributed by atoms with Crippen molar-refractivity contribution in [2.75, 3.05) is 19.6 Å². The summed E-state index contributed by atoms with van der Waals surface area (Å²) in [7, 11) is 0. The lowest BCUT2D eigenvalue weighted by atomic mass is 9.93. The molecule has 3 nitrogen and oxygen atoms in total. The molecule has 1 aliphatic heterocycles. The third-order valence-corrected chi connectivity index (χ3v) is 5.58. The van der Waals surface area contributed by atoms with E-state index in [0.717, 1.165) is 42.3 Å². The quantitative estimate of drug-likeness (QED) is 0.677. The molecule has 4 rings (SSSR count). The Morgan fingerprint density at radius 2 is 1.73 bits per heavy atom. The second-order valence-electron chi connectivity index (χ2n) is 7.07. The highest BCUT2D eigenvalue weighted by Gasteiger charge is 2.22. The van der Waals surface area contributed by atoms with Crippen LogP contribution in [0.4, 0.5) is 0 Å². The number of likely N-dealkylation sites (tertiary alicyclic amines) is 1. The van der Waals surface area contributed by atoms with E-state index in [4.69, 9.17) is 11.6 Å². The molecule has 134 valence electrons. The minimum Gasteiger partial charge on any atom is -0.303 e. The maximum atomic E-state index is 5.97. The van der Waals surface area contributed by atoms with Crippen LogP contribution in [0.1, 0.15) is 30.0 Å². The molecule has 1 fully saturated rings. The molecule has 0 bridgehead atoms. The van der Waals surface area contributed by atoms with Crippen LogP contribution in [0, 0.1) is 0 Å². The lowest BCUT2D eigenvalue weighted by Crippen LogP contribution is -2.34. The summed E-state index contributed by atoms with van der Waals surface area (Å²) in [4.78, 5) is 2.58. The molecule has 0 aliphatic carbocycles. The summed E-state index contributed by atoms with van der Waals surface area (Å²) in [6.07, 6.45) is 3.52. The number of piperidine rings is 1. The van der Waals surface area contributed by atoms with Gasteiger partial charge in [-0.25, -0.2) is 0 Å². The van der Waals surface area contributed by atoms with Crippen LogP contribution in [0.5, 0.6) is 0 Å². The van der Waals surface area contributed by atoms with Crippen LogP contribution in [0.3, 0.4) is 0 Å². The van der Waals surface area contributed by atoms with E-state index >= 15 is 0 Å². The zero-order valence-electron chi connectivity index (χ0n) is 14.9. The summed E-state index contributed by atoms with van der Waals surface area (Å²) in [5.41, 5.74) is 4.80. The Morgan fingerprint density at radius 1 is 1.00 bits per heavy atom. The fraction of sp³-hybridized carbons (Fsp3) is 0.318. The third kappa shape index (κ3) is 4.17. The van der Waals surface area contributed by atoms with Crippen molar-refractivity contribution >= 4 is 11.6 Å². The van der Waals surface area contributed by atoms with Crippen molar-refractivity contribution in [1.82, 2.24) is 15.1 Å². The number of halogens is 1. The maximum absolute atomic E-state index is 5.97. The number of nitrogens with one attached hydrogen (secondary N) is 1. The fourth-order valence-corrected chi connectivity index (χ4v) is 3.84. The molecule has 2 aromatic carbocycles. The molecule has 0 saturated carbocycles. The second-order valence-corrected chi connectivity index (χ2v) is 7.50. The van der Waals surface area contributed by atoms with Crippen LogP contribution >= 0.6 is 11.6 Å². The molecule has 3 aromatic rings. The molecule has 0 amide bonds. The molecule has 0 unspecified atom stereocenters. The largest absolute Gasteiger partial charge is 0.303 e. The first kappa shape index (κ1) is 17.3. The van der Waals surface area contributed by atoms with Crippen molar-refractivity contribution < 1.29 is 0 Å². The van der Waals surface area contributed by atoms with Crippen LogP contribution in [-0.2, 0) is 6.42 Å². The van der Waals surface area contributed by atoms with E-state index in [-0.39, 0.29) is 0 Å². The van der Waals surface area contributed by atoms with Gasteiger partial charge in [-0.15, -0.1) is 0 Å². The standard InChI is InChI=1S/C22H24ClN3/c23-20-8-6-18(7-9-20)21-16-22(25-24-21)19-11-14-26(15-12-19)13-10-17-4-2-1-3-5-17/h1-9,16,19H,10-15H2,(H,24,25). The van der Waals surface area contributed by atoms with Crippen molar-refractivity contribution in [1.29, 1.82) is 0 Å². The molecule has 4 heteroatoms. The summed E-state index contributed by atoms with van der Waals surface area (Å²) >= 11 is 5.97. The Kier molecular flexibility index (Phi) is 5.37. The Balaban J connectivity index is 1.31. The predicted octanol–water partition coefficient (Wildman–Crippen LogP) is 5.15. The van der Waals surface area contributed by atoms with Crippen LogP contribution in [0.2, 0.25) is 5.02 Å². The summed E-state index contributed by atoms with van der Waals surface area (Å²) < 4.78 is 0. The normalized spacial score (nSPS) is 16.0. The van der Waals surface area contributed by atoms with Crippen LogP contribution in [0.25, 0.3) is 11.3 Å². The minimum atomic E-state index is 0.580. The van der Waals surface area contributed by atoms with E-state index in [1.807, 2.05) is 24.3 Å². The molecule has 1 aromatic heterocycles. The Hall–Kier alpha value is -2.10. The van der Waals surface area contributed by atoms with E-state index in [0.29, 0.717) is 5.92 Å². The highest BCUT2D eigenvalue weighted by Crippen LogP contribution is 2.29. The van der Waals surface area contributed by atoms with Crippen LogP contribution < -0.4 is 0 Å². The minimum absolute atomic E-state index is 0.580. The maximum Gasteiger partial charge on any atom is 0.0923 e. The summed E-state index contributed by atoms with van der Waals surface area (Å²) in [5.74, 6) is 0.580. The van der Waals surface area contributed by atoms with Gasteiger partial charge in [0.1, 0.15) is 0 Å². The van der Waals surface area contributed by atoms with Crippen molar-refractivity contribution in [2.24, 2.45) is 0 Å². The summed E-state index contributed by atoms with van der Waals surface area (Å²) in [6, 6.07) is 20.8. The molecule has 1 N–H and O–H groups in total. The van der Waals surface area contributed by atoms with E-state index in [1.54, 1.807) is 0 Å². The first-order valence-corrected chi connectivity index (χ1v) is 9.73. The fourth-order valence-electron chi connectivity index (χ4n) is 3.71. The first-order chi connectivity index (χ1) is 12.8. The summed E-state index contributed by atoms with van der Waals surface area (Å²) in [5, 5.41) is 8.52. The Labute approximate surface area is 160 Å². The zero-order valence-corrected chi connectivity index (χ0v) is 15.6. The van der Waals surface area contributed by atoms with Crippen molar-refractivity contribution in [2.45, 2.75) is 25.2 Å². The van der Waals surface area contributed by atoms with Gasteiger partial charge >= 0.3 is 0 Å². The highest BCUT2D eigenvalue weighted by atomic mass is 35.5. The number of hydrogen-bond donors (Lipinski definition) is 1.